The number of halogens is 3. The molecule has 2 aromatic rings. The van der Waals surface area contributed by atoms with E-state index >= 15 is 0 Å². The predicted octanol–water partition coefficient (Wildman–Crippen LogP) is 3.42. The summed E-state index contributed by atoms with van der Waals surface area (Å²) in [6.07, 6.45) is 0. The van der Waals surface area contributed by atoms with Gasteiger partial charge in [0.25, 0.3) is 15.5 Å². The van der Waals surface area contributed by atoms with E-state index in [1.165, 1.54) is 6.92 Å². The Labute approximate surface area is 175 Å². The standard InChI is InChI=1S/C19H18F3N3O5S/c1-13(26)14-2-4-15(5-3-14)23-8-10-24(11-9-23)17-7-6-16(12-18(17)25(27)28)31(29,30)19(20,21)22/h2-7,12H,8-11H2,1H3. The zero-order valence-electron chi connectivity index (χ0n) is 16.3. The zero-order valence-corrected chi connectivity index (χ0v) is 17.1. The number of ketones is 1. The van der Waals surface area contributed by atoms with Crippen molar-refractivity contribution in [2.24, 2.45) is 0 Å². The van der Waals surface area contributed by atoms with E-state index in [9.17, 15) is 36.5 Å². The van der Waals surface area contributed by atoms with Gasteiger partial charge in [-0.25, -0.2) is 8.42 Å². The van der Waals surface area contributed by atoms with Crippen LogP contribution in [-0.4, -0.2) is 50.8 Å². The lowest BCUT2D eigenvalue weighted by molar-refractivity contribution is -0.384. The third kappa shape index (κ3) is 4.48. The van der Waals surface area contributed by atoms with Gasteiger partial charge in [-0.1, -0.05) is 0 Å². The molecule has 1 heterocycles. The van der Waals surface area contributed by atoms with Crippen molar-refractivity contribution in [2.75, 3.05) is 36.0 Å². The molecule has 1 aliphatic heterocycles. The van der Waals surface area contributed by atoms with Crippen molar-refractivity contribution in [1.29, 1.82) is 0 Å². The largest absolute Gasteiger partial charge is 0.501 e. The number of alkyl halides is 3. The van der Waals surface area contributed by atoms with Crippen molar-refractivity contribution in [3.63, 3.8) is 0 Å². The molecule has 0 saturated carbocycles. The average molecular weight is 457 g/mol. The van der Waals surface area contributed by atoms with Crippen LogP contribution in [0.3, 0.4) is 0 Å². The predicted molar refractivity (Wildman–Crippen MR) is 107 cm³/mol. The molecule has 2 aromatic carbocycles. The highest BCUT2D eigenvalue weighted by atomic mass is 32.2. The van der Waals surface area contributed by atoms with Crippen molar-refractivity contribution in [2.45, 2.75) is 17.3 Å². The summed E-state index contributed by atoms with van der Waals surface area (Å²) in [5.41, 5.74) is -4.76. The summed E-state index contributed by atoms with van der Waals surface area (Å²) in [6.45, 7) is 3.07. The fraction of sp³-hybridized carbons (Fsp3) is 0.316. The lowest BCUT2D eigenvalue weighted by Crippen LogP contribution is -2.46. The van der Waals surface area contributed by atoms with Gasteiger partial charge < -0.3 is 9.80 Å². The number of Topliss-reactive ketones (excluding diaryl/α,β-unsaturated/α-hetero) is 1. The lowest BCUT2D eigenvalue weighted by Gasteiger charge is -2.37. The van der Waals surface area contributed by atoms with Crippen molar-refractivity contribution in [3.8, 4) is 0 Å². The molecule has 0 aromatic heterocycles. The molecule has 0 bridgehead atoms. The van der Waals surface area contributed by atoms with E-state index in [0.717, 1.165) is 17.8 Å². The Morgan fingerprint density at radius 2 is 1.55 bits per heavy atom. The fourth-order valence-corrected chi connectivity index (χ4v) is 4.11. The highest BCUT2D eigenvalue weighted by Crippen LogP contribution is 2.36. The maximum absolute atomic E-state index is 12.8. The SMILES string of the molecule is CC(=O)c1ccc(N2CCN(c3ccc(S(=O)(=O)C(F)(F)F)cc3[N+](=O)[O-])CC2)cc1. The monoisotopic (exact) mass is 457 g/mol. The molecule has 1 aliphatic rings. The topological polar surface area (TPSA) is 101 Å². The summed E-state index contributed by atoms with van der Waals surface area (Å²) in [7, 11) is -5.69. The minimum Gasteiger partial charge on any atom is -0.368 e. The number of rotatable bonds is 5. The van der Waals surface area contributed by atoms with Crippen LogP contribution in [-0.2, 0) is 9.84 Å². The Balaban J connectivity index is 1.81. The van der Waals surface area contributed by atoms with Crippen LogP contribution in [0, 0.1) is 10.1 Å². The first-order valence-electron chi connectivity index (χ1n) is 9.12. The highest BCUT2D eigenvalue weighted by molar-refractivity contribution is 7.92. The molecule has 0 atom stereocenters. The maximum Gasteiger partial charge on any atom is 0.501 e. The molecule has 8 nitrogen and oxygen atoms in total. The number of carbonyl (C=O) groups is 1. The first kappa shape index (κ1) is 22.5. The molecule has 1 saturated heterocycles. The molecule has 12 heteroatoms. The first-order valence-corrected chi connectivity index (χ1v) is 10.6. The quantitative estimate of drug-likeness (QED) is 0.385. The van der Waals surface area contributed by atoms with Crippen LogP contribution in [0.5, 0.6) is 0 Å². The second kappa shape index (κ2) is 8.17. The molecule has 0 N–H and O–H groups in total. The molecule has 0 amide bonds. The number of carbonyl (C=O) groups excluding carboxylic acids is 1. The maximum atomic E-state index is 12.8. The third-order valence-electron chi connectivity index (χ3n) is 5.02. The van der Waals surface area contributed by atoms with Gasteiger partial charge in [-0.2, -0.15) is 13.2 Å². The molecular weight excluding hydrogens is 439 g/mol. The van der Waals surface area contributed by atoms with Gasteiger partial charge in [0, 0.05) is 43.5 Å². The molecule has 0 unspecified atom stereocenters. The van der Waals surface area contributed by atoms with E-state index in [2.05, 4.69) is 0 Å². The molecule has 1 fully saturated rings. The second-order valence-corrected chi connectivity index (χ2v) is 8.88. The Hall–Kier alpha value is -3.15. The number of anilines is 2. The van der Waals surface area contributed by atoms with Gasteiger partial charge in [0.2, 0.25) is 0 Å². The van der Waals surface area contributed by atoms with Crippen LogP contribution in [0.25, 0.3) is 0 Å². The van der Waals surface area contributed by atoms with Gasteiger partial charge in [0.15, 0.2) is 5.78 Å². The van der Waals surface area contributed by atoms with Crippen LogP contribution in [0.1, 0.15) is 17.3 Å². The summed E-state index contributed by atoms with van der Waals surface area (Å²) in [4.78, 5) is 24.4. The average Bonchev–Trinajstić information content (AvgIpc) is 2.72. The minimum absolute atomic E-state index is 0.0534. The van der Waals surface area contributed by atoms with E-state index in [1.807, 2.05) is 4.90 Å². The van der Waals surface area contributed by atoms with E-state index in [0.29, 0.717) is 37.8 Å². The van der Waals surface area contributed by atoms with Crippen LogP contribution in [0.2, 0.25) is 0 Å². The van der Waals surface area contributed by atoms with Gasteiger partial charge in [-0.05, 0) is 43.3 Å². The van der Waals surface area contributed by atoms with Gasteiger partial charge in [0.1, 0.15) is 5.69 Å². The molecule has 0 aliphatic carbocycles. The number of nitro benzene ring substituents is 1. The summed E-state index contributed by atoms with van der Waals surface area (Å²) in [5, 5.41) is 11.4. The fourth-order valence-electron chi connectivity index (χ4n) is 3.33. The number of benzene rings is 2. The Kier molecular flexibility index (Phi) is 5.94. The normalized spacial score (nSPS) is 15.1. The van der Waals surface area contributed by atoms with E-state index in [1.54, 1.807) is 29.2 Å². The van der Waals surface area contributed by atoms with Crippen LogP contribution >= 0.6 is 0 Å². The number of hydrogen-bond donors (Lipinski definition) is 0. The molecular formula is C19H18F3N3O5S. The molecule has 0 radical (unpaired) electrons. The number of hydrogen-bond acceptors (Lipinski definition) is 7. The van der Waals surface area contributed by atoms with E-state index in [-0.39, 0.29) is 11.5 Å². The number of nitro groups is 1. The number of nitrogens with zero attached hydrogens (tertiary/aromatic N) is 3. The summed E-state index contributed by atoms with van der Waals surface area (Å²) in [5.74, 6) is -0.0559. The van der Waals surface area contributed by atoms with Gasteiger partial charge in [0.05, 0.1) is 9.82 Å². The minimum atomic E-state index is -5.69. The van der Waals surface area contributed by atoms with Crippen molar-refractivity contribution < 1.29 is 31.3 Å². The molecule has 166 valence electrons. The third-order valence-corrected chi connectivity index (χ3v) is 6.50. The van der Waals surface area contributed by atoms with Crippen molar-refractivity contribution in [1.82, 2.24) is 0 Å². The molecule has 31 heavy (non-hydrogen) atoms. The first-order chi connectivity index (χ1) is 14.4. The summed E-state index contributed by atoms with van der Waals surface area (Å²) >= 11 is 0. The van der Waals surface area contributed by atoms with Gasteiger partial charge >= 0.3 is 5.51 Å². The summed E-state index contributed by atoms with van der Waals surface area (Å²) < 4.78 is 61.6. The van der Waals surface area contributed by atoms with E-state index < -0.39 is 30.9 Å². The highest BCUT2D eigenvalue weighted by Gasteiger charge is 2.47. The summed E-state index contributed by atoms with van der Waals surface area (Å²) in [6, 6.07) is 9.22. The molecule has 0 spiro atoms. The number of sulfone groups is 1. The lowest BCUT2D eigenvalue weighted by atomic mass is 10.1. The van der Waals surface area contributed by atoms with Crippen LogP contribution in [0.15, 0.2) is 47.4 Å². The zero-order chi connectivity index (χ0) is 23.0. The van der Waals surface area contributed by atoms with Crippen molar-refractivity contribution >= 4 is 32.7 Å². The Bertz CT molecular complexity index is 1110. The van der Waals surface area contributed by atoms with Crippen molar-refractivity contribution in [3.05, 3.63) is 58.1 Å². The Morgan fingerprint density at radius 3 is 2.03 bits per heavy atom. The second-order valence-electron chi connectivity index (χ2n) is 6.93. The van der Waals surface area contributed by atoms with Gasteiger partial charge in [-0.15, -0.1) is 0 Å². The number of piperazine rings is 1. The van der Waals surface area contributed by atoms with Gasteiger partial charge in [-0.3, -0.25) is 14.9 Å². The smallest absolute Gasteiger partial charge is 0.368 e. The Morgan fingerprint density at radius 1 is 1.00 bits per heavy atom. The van der Waals surface area contributed by atoms with E-state index in [4.69, 9.17) is 0 Å². The van der Waals surface area contributed by atoms with Crippen LogP contribution in [0.4, 0.5) is 30.2 Å². The molecule has 3 rings (SSSR count). The van der Waals surface area contributed by atoms with Crippen LogP contribution < -0.4 is 9.80 Å².